The molecule has 3 heterocycles. The van der Waals surface area contributed by atoms with E-state index in [1.54, 1.807) is 36.4 Å². The van der Waals surface area contributed by atoms with Crippen LogP contribution in [0.1, 0.15) is 11.1 Å². The lowest BCUT2D eigenvalue weighted by molar-refractivity contribution is -0.0886. The molecule has 1 aliphatic heterocycles. The second-order valence-corrected chi connectivity index (χ2v) is 11.9. The first-order chi connectivity index (χ1) is 18.9. The van der Waals surface area contributed by atoms with Crippen molar-refractivity contribution in [3.63, 3.8) is 0 Å². The molecule has 202 valence electrons. The molecular weight excluding hydrogens is 516 g/mol. The largest absolute Gasteiger partial charge is 0.470 e. The minimum Gasteiger partial charge on any atom is -0.470 e. The average Bonchev–Trinajstić information content (AvgIpc) is 3.02. The summed E-state index contributed by atoms with van der Waals surface area (Å²) in [6.07, 6.45) is -2.71. The molecule has 0 saturated carbocycles. The number of rotatable bonds is 8. The van der Waals surface area contributed by atoms with Crippen molar-refractivity contribution in [2.24, 2.45) is 0 Å². The number of ether oxygens (including phenoxy) is 2. The van der Waals surface area contributed by atoms with E-state index in [4.69, 9.17) is 9.47 Å². The van der Waals surface area contributed by atoms with Gasteiger partial charge in [0.2, 0.25) is 11.8 Å². The third-order valence-corrected chi connectivity index (χ3v) is 9.51. The van der Waals surface area contributed by atoms with Crippen LogP contribution in [-0.4, -0.2) is 63.5 Å². The highest BCUT2D eigenvalue weighted by Crippen LogP contribution is 2.34. The number of pyridine rings is 2. The first-order valence-corrected chi connectivity index (χ1v) is 14.4. The topological polar surface area (TPSA) is 119 Å². The second kappa shape index (κ2) is 11.9. The Morgan fingerprint density at radius 2 is 0.974 bits per heavy atom. The van der Waals surface area contributed by atoms with Gasteiger partial charge in [-0.15, -0.1) is 0 Å². The van der Waals surface area contributed by atoms with E-state index in [2.05, 4.69) is 9.97 Å². The summed E-state index contributed by atoms with van der Waals surface area (Å²) >= 11 is 0. The molecule has 5 rings (SSSR count). The summed E-state index contributed by atoms with van der Waals surface area (Å²) in [6, 6.07) is 28.3. The van der Waals surface area contributed by atoms with Crippen molar-refractivity contribution >= 4 is 9.84 Å². The van der Waals surface area contributed by atoms with Crippen molar-refractivity contribution in [1.82, 2.24) is 9.97 Å². The van der Waals surface area contributed by atoms with Crippen molar-refractivity contribution in [2.75, 3.05) is 0 Å². The Hall–Kier alpha value is -3.79. The number of aromatic nitrogens is 2. The maximum Gasteiger partial charge on any atom is 0.213 e. The third kappa shape index (κ3) is 6.11. The zero-order valence-electron chi connectivity index (χ0n) is 21.1. The van der Waals surface area contributed by atoms with Crippen LogP contribution in [0.2, 0.25) is 0 Å². The normalized spacial score (nSPS) is 26.3. The minimum absolute atomic E-state index is 0.0616. The lowest BCUT2D eigenvalue weighted by Crippen LogP contribution is -2.51. The van der Waals surface area contributed by atoms with Crippen LogP contribution < -0.4 is 9.47 Å². The van der Waals surface area contributed by atoms with Gasteiger partial charge >= 0.3 is 0 Å². The van der Waals surface area contributed by atoms with Crippen molar-refractivity contribution in [3.05, 3.63) is 121 Å². The van der Waals surface area contributed by atoms with Crippen LogP contribution in [0.5, 0.6) is 11.8 Å². The van der Waals surface area contributed by atoms with Gasteiger partial charge in [-0.05, 0) is 36.1 Å². The molecular formula is C30H30N2O6S. The Morgan fingerprint density at radius 3 is 1.33 bits per heavy atom. The molecule has 1 saturated heterocycles. The van der Waals surface area contributed by atoms with Gasteiger partial charge < -0.3 is 19.7 Å². The number of sulfone groups is 1. The smallest absolute Gasteiger partial charge is 0.213 e. The quantitative estimate of drug-likeness (QED) is 0.346. The Labute approximate surface area is 227 Å². The molecule has 2 aromatic carbocycles. The molecule has 1 fully saturated rings. The molecule has 6 atom stereocenters. The Kier molecular flexibility index (Phi) is 8.21. The van der Waals surface area contributed by atoms with Crippen LogP contribution >= 0.6 is 0 Å². The fourth-order valence-corrected chi connectivity index (χ4v) is 7.47. The summed E-state index contributed by atoms with van der Waals surface area (Å²) in [6.45, 7) is 0. The lowest BCUT2D eigenvalue weighted by atomic mass is 9.94. The second-order valence-electron chi connectivity index (χ2n) is 9.53. The van der Waals surface area contributed by atoms with Crippen LogP contribution in [0.25, 0.3) is 0 Å². The van der Waals surface area contributed by atoms with Crippen molar-refractivity contribution in [3.8, 4) is 11.8 Å². The van der Waals surface area contributed by atoms with Crippen LogP contribution in [0.3, 0.4) is 0 Å². The number of hydrogen-bond donors (Lipinski definition) is 2. The fraction of sp³-hybridized carbons (Fsp3) is 0.267. The fourth-order valence-electron chi connectivity index (χ4n) is 4.99. The van der Waals surface area contributed by atoms with E-state index in [1.165, 1.54) is 12.4 Å². The van der Waals surface area contributed by atoms with Crippen LogP contribution in [-0.2, 0) is 22.7 Å². The van der Waals surface area contributed by atoms with Gasteiger partial charge in [-0.25, -0.2) is 18.4 Å². The average molecular weight is 547 g/mol. The predicted octanol–water partition coefficient (Wildman–Crippen LogP) is 3.04. The van der Waals surface area contributed by atoms with Gasteiger partial charge in [0.1, 0.15) is 34.9 Å². The highest BCUT2D eigenvalue weighted by Gasteiger charge is 2.55. The first-order valence-electron chi connectivity index (χ1n) is 12.8. The summed E-state index contributed by atoms with van der Waals surface area (Å²) in [5, 5.41) is 20.6. The molecule has 2 aromatic heterocycles. The van der Waals surface area contributed by atoms with Crippen LogP contribution in [0.15, 0.2) is 109 Å². The molecule has 39 heavy (non-hydrogen) atoms. The number of hydrogen-bond acceptors (Lipinski definition) is 8. The van der Waals surface area contributed by atoms with Gasteiger partial charge in [-0.1, -0.05) is 72.8 Å². The summed E-state index contributed by atoms with van der Waals surface area (Å²) in [5.41, 5.74) is 1.51. The van der Waals surface area contributed by atoms with Gasteiger partial charge in [0.05, 0.1) is 0 Å². The number of benzene rings is 2. The maximum atomic E-state index is 14.6. The molecule has 0 unspecified atom stereocenters. The molecule has 2 N–H and O–H groups in total. The number of aliphatic hydroxyl groups is 2. The van der Waals surface area contributed by atoms with E-state index in [0.717, 1.165) is 11.1 Å². The summed E-state index contributed by atoms with van der Waals surface area (Å²) < 4.78 is 41.4. The monoisotopic (exact) mass is 546 g/mol. The van der Waals surface area contributed by atoms with E-state index in [0.29, 0.717) is 0 Å². The van der Waals surface area contributed by atoms with Crippen molar-refractivity contribution in [1.29, 1.82) is 0 Å². The summed E-state index contributed by atoms with van der Waals surface area (Å²) in [4.78, 5) is 8.35. The van der Waals surface area contributed by atoms with E-state index in [9.17, 15) is 18.6 Å². The van der Waals surface area contributed by atoms with Gasteiger partial charge in [0.15, 0.2) is 9.84 Å². The van der Waals surface area contributed by atoms with Crippen molar-refractivity contribution < 1.29 is 28.1 Å². The maximum absolute atomic E-state index is 14.6. The highest BCUT2D eigenvalue weighted by atomic mass is 32.2. The molecule has 0 spiro atoms. The molecule has 9 heteroatoms. The third-order valence-electron chi connectivity index (χ3n) is 6.95. The zero-order chi connectivity index (χ0) is 27.2. The zero-order valence-corrected chi connectivity index (χ0v) is 21.9. The first kappa shape index (κ1) is 26.8. The molecule has 8 nitrogen and oxygen atoms in total. The molecule has 0 aliphatic carbocycles. The Bertz CT molecular complexity index is 1320. The molecule has 0 bridgehead atoms. The molecule has 1 aliphatic rings. The lowest BCUT2D eigenvalue weighted by Gasteiger charge is -2.30. The number of aliphatic hydroxyl groups excluding tert-OH is 2. The van der Waals surface area contributed by atoms with Crippen LogP contribution in [0, 0.1) is 0 Å². The Balaban J connectivity index is 1.63. The van der Waals surface area contributed by atoms with E-state index < -0.39 is 44.8 Å². The number of nitrogens with zero attached hydrogens (tertiary/aromatic N) is 2. The minimum atomic E-state index is -4.13. The van der Waals surface area contributed by atoms with Crippen molar-refractivity contribution in [2.45, 2.75) is 47.8 Å². The Morgan fingerprint density at radius 1 is 0.590 bits per heavy atom. The van der Waals surface area contributed by atoms with Gasteiger partial charge in [0, 0.05) is 24.5 Å². The van der Waals surface area contributed by atoms with Gasteiger partial charge in [0.25, 0.3) is 0 Å². The van der Waals surface area contributed by atoms with E-state index >= 15 is 0 Å². The van der Waals surface area contributed by atoms with E-state index in [-0.39, 0.29) is 24.6 Å². The van der Waals surface area contributed by atoms with Gasteiger partial charge in [-0.2, -0.15) is 0 Å². The predicted molar refractivity (Wildman–Crippen MR) is 146 cm³/mol. The molecule has 0 amide bonds. The van der Waals surface area contributed by atoms with E-state index in [1.807, 2.05) is 60.7 Å². The molecule has 4 aromatic rings. The highest BCUT2D eigenvalue weighted by molar-refractivity contribution is 7.92. The standard InChI is InChI=1S/C30H30N2O6S/c33-27-28(34)30(38-26-16-8-10-18-32-26)24(20-22-13-5-2-6-14-22)39(35,36)23(19-21-11-3-1-4-12-21)29(27)37-25-15-7-9-17-31-25/h1-18,23-24,27-30,33-34H,19-20H2/t23-,24-,27-,28-,29+,30+/m1/s1. The van der Waals surface area contributed by atoms with Gasteiger partial charge in [-0.3, -0.25) is 0 Å². The summed E-state index contributed by atoms with van der Waals surface area (Å²) in [5.74, 6) is 0.288. The molecule has 0 radical (unpaired) electrons. The SMILES string of the molecule is O=S1(=O)[C@H](Cc2ccccc2)[C@H](Oc2ccccn2)[C@H](O)[C@@H](O)[C@@H](Oc2ccccn2)[C@H]1Cc1ccccc1. The summed E-state index contributed by atoms with van der Waals surface area (Å²) in [7, 11) is -4.13. The van der Waals surface area contributed by atoms with Crippen LogP contribution in [0.4, 0.5) is 0 Å².